The first-order valence-corrected chi connectivity index (χ1v) is 16.6. The van der Waals surface area contributed by atoms with Crippen molar-refractivity contribution in [2.75, 3.05) is 9.80 Å². The van der Waals surface area contributed by atoms with Crippen LogP contribution >= 0.6 is 0 Å². The van der Waals surface area contributed by atoms with Crippen LogP contribution in [-0.4, -0.2) is 0 Å². The number of nitrogens with zero attached hydrogens (tertiary/aromatic N) is 2. The number of fused-ring (bicyclic) bond motifs is 2. The molecule has 0 saturated heterocycles. The van der Waals surface area contributed by atoms with Gasteiger partial charge >= 0.3 is 0 Å². The lowest BCUT2D eigenvalue weighted by Crippen LogP contribution is -2.10. The molecule has 0 aliphatic rings. The van der Waals surface area contributed by atoms with Gasteiger partial charge in [-0.1, -0.05) is 97.1 Å². The molecule has 9 aromatic rings. The highest BCUT2D eigenvalue weighted by atomic mass is 15.1. The molecule has 0 amide bonds. The van der Waals surface area contributed by atoms with Crippen LogP contribution in [0.3, 0.4) is 0 Å². The van der Waals surface area contributed by atoms with Gasteiger partial charge in [-0.2, -0.15) is 0 Å². The Balaban J connectivity index is 1.33. The number of aryl methyl sites for hydroxylation is 2. The monoisotopic (exact) mass is 614 g/mol. The molecule has 0 aromatic heterocycles. The minimum atomic E-state index is 1.14. The highest BCUT2D eigenvalue weighted by molar-refractivity contribution is 6.34. The Labute approximate surface area is 281 Å². The third kappa shape index (κ3) is 4.65. The number of benzene rings is 9. The SMILES string of the molecule is Cc1cccc(N(c2ccccc2)c2cc3cccc4c5cc(N(c6ccccc6)c6cccc(C)c6)cc6cccc(c(c2)c34)c65)c1. The van der Waals surface area contributed by atoms with E-state index in [1.165, 1.54) is 54.2 Å². The lowest BCUT2D eigenvalue weighted by Gasteiger charge is -2.28. The maximum atomic E-state index is 2.40. The fourth-order valence-corrected chi connectivity index (χ4v) is 7.54. The lowest BCUT2D eigenvalue weighted by molar-refractivity contribution is 1.28. The number of hydrogen-bond donors (Lipinski definition) is 0. The largest absolute Gasteiger partial charge is 0.310 e. The summed E-state index contributed by atoms with van der Waals surface area (Å²) in [6.07, 6.45) is 0. The maximum Gasteiger partial charge on any atom is 0.0474 e. The Morgan fingerprint density at radius 3 is 1.10 bits per heavy atom. The first-order valence-electron chi connectivity index (χ1n) is 16.6. The van der Waals surface area contributed by atoms with E-state index in [9.17, 15) is 0 Å². The third-order valence-electron chi connectivity index (χ3n) is 9.57. The lowest BCUT2D eigenvalue weighted by atomic mass is 9.89. The van der Waals surface area contributed by atoms with Crippen molar-refractivity contribution in [3.8, 4) is 0 Å². The summed E-state index contributed by atoms with van der Waals surface area (Å²) in [7, 11) is 0. The molecule has 0 heterocycles. The highest BCUT2D eigenvalue weighted by Crippen LogP contribution is 2.47. The summed E-state index contributed by atoms with van der Waals surface area (Å²) < 4.78 is 0. The van der Waals surface area contributed by atoms with Gasteiger partial charge in [-0.25, -0.2) is 0 Å². The van der Waals surface area contributed by atoms with Gasteiger partial charge in [-0.05, 0) is 141 Å². The van der Waals surface area contributed by atoms with Crippen LogP contribution in [0.4, 0.5) is 34.1 Å². The number of para-hydroxylation sites is 2. The Bertz CT molecular complexity index is 2400. The summed E-state index contributed by atoms with van der Waals surface area (Å²) in [4.78, 5) is 4.77. The van der Waals surface area contributed by atoms with Gasteiger partial charge in [0.2, 0.25) is 0 Å². The summed E-state index contributed by atoms with van der Waals surface area (Å²) in [5, 5.41) is 10.2. The van der Waals surface area contributed by atoms with Crippen LogP contribution in [0, 0.1) is 13.8 Å². The van der Waals surface area contributed by atoms with Gasteiger partial charge in [0.15, 0.2) is 0 Å². The van der Waals surface area contributed by atoms with E-state index >= 15 is 0 Å². The van der Waals surface area contributed by atoms with Crippen molar-refractivity contribution in [3.63, 3.8) is 0 Å². The van der Waals surface area contributed by atoms with Crippen molar-refractivity contribution in [1.29, 1.82) is 0 Å². The Hall–Kier alpha value is -6.12. The molecule has 0 aliphatic carbocycles. The van der Waals surface area contributed by atoms with E-state index in [1.54, 1.807) is 0 Å². The summed E-state index contributed by atoms with van der Waals surface area (Å²) in [6, 6.07) is 62.0. The van der Waals surface area contributed by atoms with Crippen molar-refractivity contribution in [1.82, 2.24) is 0 Å². The van der Waals surface area contributed by atoms with Gasteiger partial charge in [0.05, 0.1) is 0 Å². The summed E-state index contributed by atoms with van der Waals surface area (Å²) in [5.41, 5.74) is 9.37. The fourth-order valence-electron chi connectivity index (χ4n) is 7.54. The molecule has 0 fully saturated rings. The Kier molecular flexibility index (Phi) is 6.62. The minimum absolute atomic E-state index is 1.14. The van der Waals surface area contributed by atoms with Crippen LogP contribution in [-0.2, 0) is 0 Å². The van der Waals surface area contributed by atoms with Crippen molar-refractivity contribution in [3.05, 3.63) is 181 Å². The van der Waals surface area contributed by atoms with Crippen molar-refractivity contribution in [2.45, 2.75) is 13.8 Å². The van der Waals surface area contributed by atoms with Crippen LogP contribution < -0.4 is 9.80 Å². The van der Waals surface area contributed by atoms with Crippen molar-refractivity contribution < 1.29 is 0 Å². The molecular formula is C46H34N2. The molecule has 0 N–H and O–H groups in total. The zero-order valence-electron chi connectivity index (χ0n) is 27.1. The smallest absolute Gasteiger partial charge is 0.0474 e. The predicted molar refractivity (Wildman–Crippen MR) is 206 cm³/mol. The van der Waals surface area contributed by atoms with E-state index in [1.807, 2.05) is 0 Å². The molecule has 0 bridgehead atoms. The molecule has 0 unspecified atom stereocenters. The van der Waals surface area contributed by atoms with Gasteiger partial charge in [0.1, 0.15) is 0 Å². The van der Waals surface area contributed by atoms with E-state index in [4.69, 9.17) is 0 Å². The molecule has 0 atom stereocenters. The van der Waals surface area contributed by atoms with E-state index in [0.717, 1.165) is 34.1 Å². The van der Waals surface area contributed by atoms with Crippen LogP contribution in [0.2, 0.25) is 0 Å². The van der Waals surface area contributed by atoms with E-state index in [2.05, 4.69) is 194 Å². The molecule has 0 aliphatic heterocycles. The molecule has 2 heteroatoms. The molecule has 0 spiro atoms. The average molecular weight is 615 g/mol. The first-order chi connectivity index (χ1) is 23.6. The average Bonchev–Trinajstić information content (AvgIpc) is 3.11. The van der Waals surface area contributed by atoms with E-state index < -0.39 is 0 Å². The second-order valence-electron chi connectivity index (χ2n) is 12.8. The number of hydrogen-bond acceptors (Lipinski definition) is 2. The van der Waals surface area contributed by atoms with Crippen LogP contribution in [0.5, 0.6) is 0 Å². The molecular weight excluding hydrogens is 581 g/mol. The standard InChI is InChI=1S/C46H34N2/c1-31-13-9-21-37(25-31)47(35-17-5-3-6-18-35)39-27-33-15-11-24-42-44-30-40(28-34-16-12-23-41(46(34)44)43(29-39)45(33)42)48(36-19-7-4-8-20-36)38-22-10-14-32(2)26-38/h3-30H,1-2H3. The molecule has 2 nitrogen and oxygen atoms in total. The zero-order valence-corrected chi connectivity index (χ0v) is 27.1. The quantitative estimate of drug-likeness (QED) is 0.136. The van der Waals surface area contributed by atoms with Crippen molar-refractivity contribution in [2.24, 2.45) is 0 Å². The second kappa shape index (κ2) is 11.3. The predicted octanol–water partition coefficient (Wildman–Crippen LogP) is 13.3. The van der Waals surface area contributed by atoms with Gasteiger partial charge in [-0.3, -0.25) is 0 Å². The molecule has 9 rings (SSSR count). The third-order valence-corrected chi connectivity index (χ3v) is 9.57. The van der Waals surface area contributed by atoms with E-state index in [0.29, 0.717) is 0 Å². The topological polar surface area (TPSA) is 6.48 Å². The molecule has 228 valence electrons. The maximum absolute atomic E-state index is 2.40. The van der Waals surface area contributed by atoms with Gasteiger partial charge in [0, 0.05) is 34.1 Å². The summed E-state index contributed by atoms with van der Waals surface area (Å²) in [6.45, 7) is 4.32. The molecule has 0 radical (unpaired) electrons. The number of anilines is 6. The summed E-state index contributed by atoms with van der Waals surface area (Å²) in [5.74, 6) is 0. The summed E-state index contributed by atoms with van der Waals surface area (Å²) >= 11 is 0. The van der Waals surface area contributed by atoms with E-state index in [-0.39, 0.29) is 0 Å². The Morgan fingerprint density at radius 1 is 0.292 bits per heavy atom. The second-order valence-corrected chi connectivity index (χ2v) is 12.8. The molecule has 0 saturated carbocycles. The molecule has 9 aromatic carbocycles. The Morgan fingerprint density at radius 2 is 0.688 bits per heavy atom. The fraction of sp³-hybridized carbons (Fsp3) is 0.0435. The highest BCUT2D eigenvalue weighted by Gasteiger charge is 2.20. The normalized spacial score (nSPS) is 11.5. The van der Waals surface area contributed by atoms with Gasteiger partial charge in [-0.15, -0.1) is 0 Å². The number of rotatable bonds is 6. The molecule has 48 heavy (non-hydrogen) atoms. The minimum Gasteiger partial charge on any atom is -0.310 e. The van der Waals surface area contributed by atoms with Crippen LogP contribution in [0.1, 0.15) is 11.1 Å². The van der Waals surface area contributed by atoms with Crippen LogP contribution in [0.25, 0.3) is 43.1 Å². The van der Waals surface area contributed by atoms with Crippen molar-refractivity contribution >= 4 is 77.2 Å². The van der Waals surface area contributed by atoms with Gasteiger partial charge < -0.3 is 9.80 Å². The first kappa shape index (κ1) is 28.1. The van der Waals surface area contributed by atoms with Gasteiger partial charge in [0.25, 0.3) is 0 Å². The zero-order chi connectivity index (χ0) is 32.2. The van der Waals surface area contributed by atoms with Crippen LogP contribution in [0.15, 0.2) is 170 Å².